The first-order valence-electron chi connectivity index (χ1n) is 8.88. The standard InChI is InChI=1S/C20H24N2O4S/c1-14-7-8-17(11-15(14)2)20(23)21-18-5-4-6-19(12-18)27(24,25)22-9-10-26-16(3)13-22/h4-8,11-12,16H,9-10,13H2,1-3H3,(H,21,23). The minimum atomic E-state index is -3.63. The Kier molecular flexibility index (Phi) is 5.64. The van der Waals surface area contributed by atoms with Crippen molar-refractivity contribution >= 4 is 21.6 Å². The molecule has 0 spiro atoms. The van der Waals surface area contributed by atoms with Crippen molar-refractivity contribution in [3.05, 3.63) is 59.2 Å². The summed E-state index contributed by atoms with van der Waals surface area (Å²) in [7, 11) is -3.63. The molecule has 1 fully saturated rings. The summed E-state index contributed by atoms with van der Waals surface area (Å²) in [5.74, 6) is -0.271. The number of aryl methyl sites for hydroxylation is 2. The van der Waals surface area contributed by atoms with Gasteiger partial charge >= 0.3 is 0 Å². The van der Waals surface area contributed by atoms with Crippen molar-refractivity contribution in [2.45, 2.75) is 31.8 Å². The van der Waals surface area contributed by atoms with Gasteiger partial charge in [-0.2, -0.15) is 4.31 Å². The van der Waals surface area contributed by atoms with E-state index in [1.54, 1.807) is 24.3 Å². The Morgan fingerprint density at radius 3 is 2.63 bits per heavy atom. The van der Waals surface area contributed by atoms with E-state index in [-0.39, 0.29) is 16.9 Å². The molecule has 1 N–H and O–H groups in total. The van der Waals surface area contributed by atoms with Gasteiger partial charge in [-0.1, -0.05) is 12.1 Å². The molecule has 0 bridgehead atoms. The lowest BCUT2D eigenvalue weighted by atomic mass is 10.1. The number of anilines is 1. The number of ether oxygens (including phenoxy) is 1. The van der Waals surface area contributed by atoms with Gasteiger partial charge in [0.25, 0.3) is 5.91 Å². The minimum Gasteiger partial charge on any atom is -0.376 e. The summed E-state index contributed by atoms with van der Waals surface area (Å²) in [5, 5.41) is 2.78. The molecule has 0 aliphatic carbocycles. The number of benzene rings is 2. The van der Waals surface area contributed by atoms with Crippen molar-refractivity contribution in [2.75, 3.05) is 25.0 Å². The number of nitrogens with one attached hydrogen (secondary N) is 1. The van der Waals surface area contributed by atoms with Gasteiger partial charge in [-0.25, -0.2) is 8.42 Å². The van der Waals surface area contributed by atoms with Crippen LogP contribution in [0.3, 0.4) is 0 Å². The third-order valence-corrected chi connectivity index (χ3v) is 6.56. The molecule has 1 aliphatic rings. The molecule has 1 unspecified atom stereocenters. The zero-order chi connectivity index (χ0) is 19.6. The number of hydrogen-bond donors (Lipinski definition) is 1. The van der Waals surface area contributed by atoms with Crippen LogP contribution in [0.25, 0.3) is 0 Å². The molecule has 2 aromatic rings. The van der Waals surface area contributed by atoms with Crippen LogP contribution in [0.1, 0.15) is 28.4 Å². The normalized spacial score (nSPS) is 18.3. The van der Waals surface area contributed by atoms with Crippen molar-refractivity contribution in [2.24, 2.45) is 0 Å². The van der Waals surface area contributed by atoms with E-state index in [1.807, 2.05) is 32.9 Å². The van der Waals surface area contributed by atoms with Gasteiger partial charge < -0.3 is 10.1 Å². The Hall–Kier alpha value is -2.22. The van der Waals surface area contributed by atoms with E-state index in [4.69, 9.17) is 4.74 Å². The fourth-order valence-electron chi connectivity index (χ4n) is 2.97. The zero-order valence-electron chi connectivity index (χ0n) is 15.7. The summed E-state index contributed by atoms with van der Waals surface area (Å²) >= 11 is 0. The lowest BCUT2D eigenvalue weighted by Gasteiger charge is -2.30. The van der Waals surface area contributed by atoms with Crippen LogP contribution in [0, 0.1) is 13.8 Å². The van der Waals surface area contributed by atoms with E-state index in [0.29, 0.717) is 30.9 Å². The molecule has 7 heteroatoms. The highest BCUT2D eigenvalue weighted by Gasteiger charge is 2.29. The fraction of sp³-hybridized carbons (Fsp3) is 0.350. The Labute approximate surface area is 160 Å². The van der Waals surface area contributed by atoms with E-state index in [1.165, 1.54) is 10.4 Å². The first-order valence-corrected chi connectivity index (χ1v) is 10.3. The van der Waals surface area contributed by atoms with Gasteiger partial charge in [-0.3, -0.25) is 4.79 Å². The van der Waals surface area contributed by atoms with Crippen molar-refractivity contribution in [1.29, 1.82) is 0 Å². The van der Waals surface area contributed by atoms with Gasteiger partial charge in [-0.05, 0) is 62.2 Å². The third-order valence-electron chi connectivity index (χ3n) is 4.70. The number of nitrogens with zero attached hydrogens (tertiary/aromatic N) is 1. The maximum Gasteiger partial charge on any atom is 0.255 e. The molecule has 1 saturated heterocycles. The summed E-state index contributed by atoms with van der Waals surface area (Å²) in [6.45, 7) is 6.80. The summed E-state index contributed by atoms with van der Waals surface area (Å²) in [5.41, 5.74) is 3.12. The molecular weight excluding hydrogens is 364 g/mol. The molecule has 144 valence electrons. The second-order valence-electron chi connectivity index (χ2n) is 6.83. The summed E-state index contributed by atoms with van der Waals surface area (Å²) in [4.78, 5) is 12.7. The first-order chi connectivity index (χ1) is 12.8. The number of sulfonamides is 1. The number of morpholine rings is 1. The van der Waals surface area contributed by atoms with Gasteiger partial charge in [0.05, 0.1) is 17.6 Å². The van der Waals surface area contributed by atoms with Crippen LogP contribution in [0.2, 0.25) is 0 Å². The van der Waals surface area contributed by atoms with E-state index in [0.717, 1.165) is 11.1 Å². The number of carbonyl (C=O) groups is 1. The smallest absolute Gasteiger partial charge is 0.255 e. The largest absolute Gasteiger partial charge is 0.376 e. The lowest BCUT2D eigenvalue weighted by molar-refractivity contribution is 0.0102. The van der Waals surface area contributed by atoms with E-state index >= 15 is 0 Å². The van der Waals surface area contributed by atoms with Gasteiger partial charge in [0.15, 0.2) is 0 Å². The van der Waals surface area contributed by atoms with Crippen LogP contribution >= 0.6 is 0 Å². The molecule has 0 aromatic heterocycles. The highest BCUT2D eigenvalue weighted by atomic mass is 32.2. The van der Waals surface area contributed by atoms with Crippen molar-refractivity contribution < 1.29 is 17.9 Å². The van der Waals surface area contributed by atoms with Gasteiger partial charge in [-0.15, -0.1) is 0 Å². The van der Waals surface area contributed by atoms with Gasteiger partial charge in [0.1, 0.15) is 0 Å². The molecular formula is C20H24N2O4S. The number of hydrogen-bond acceptors (Lipinski definition) is 4. The van der Waals surface area contributed by atoms with Crippen LogP contribution in [0.5, 0.6) is 0 Å². The van der Waals surface area contributed by atoms with Crippen LogP contribution in [-0.4, -0.2) is 44.4 Å². The Bertz CT molecular complexity index is 956. The van der Waals surface area contributed by atoms with Gasteiger partial charge in [0, 0.05) is 24.3 Å². The van der Waals surface area contributed by atoms with Crippen LogP contribution in [0.15, 0.2) is 47.4 Å². The average Bonchev–Trinajstić information content (AvgIpc) is 2.64. The highest BCUT2D eigenvalue weighted by Crippen LogP contribution is 2.22. The van der Waals surface area contributed by atoms with Crippen LogP contribution in [-0.2, 0) is 14.8 Å². The molecule has 0 saturated carbocycles. The Balaban J connectivity index is 1.80. The Morgan fingerprint density at radius 2 is 1.93 bits per heavy atom. The average molecular weight is 388 g/mol. The molecule has 6 nitrogen and oxygen atoms in total. The molecule has 0 radical (unpaired) electrons. The summed E-state index contributed by atoms with van der Waals surface area (Å²) < 4.78 is 32.6. The minimum absolute atomic E-state index is 0.138. The number of amides is 1. The molecule has 2 aromatic carbocycles. The highest BCUT2D eigenvalue weighted by molar-refractivity contribution is 7.89. The number of carbonyl (C=O) groups excluding carboxylic acids is 1. The van der Waals surface area contributed by atoms with Crippen molar-refractivity contribution in [3.63, 3.8) is 0 Å². The SMILES string of the molecule is Cc1ccc(C(=O)Nc2cccc(S(=O)(=O)N3CCOC(C)C3)c2)cc1C. The molecule has 1 heterocycles. The second-order valence-corrected chi connectivity index (χ2v) is 8.76. The van der Waals surface area contributed by atoms with E-state index in [2.05, 4.69) is 5.32 Å². The third kappa shape index (κ3) is 4.37. The van der Waals surface area contributed by atoms with E-state index < -0.39 is 10.0 Å². The summed E-state index contributed by atoms with van der Waals surface area (Å²) in [6.07, 6.45) is -0.138. The molecule has 1 aliphatic heterocycles. The van der Waals surface area contributed by atoms with Crippen molar-refractivity contribution in [1.82, 2.24) is 4.31 Å². The zero-order valence-corrected chi connectivity index (χ0v) is 16.5. The van der Waals surface area contributed by atoms with Crippen molar-refractivity contribution in [3.8, 4) is 0 Å². The quantitative estimate of drug-likeness (QED) is 0.874. The molecule has 1 amide bonds. The molecule has 27 heavy (non-hydrogen) atoms. The molecule has 1 atom stereocenters. The second kappa shape index (κ2) is 7.80. The predicted octanol–water partition coefficient (Wildman–Crippen LogP) is 2.97. The van der Waals surface area contributed by atoms with Gasteiger partial charge in [0.2, 0.25) is 10.0 Å². The lowest BCUT2D eigenvalue weighted by Crippen LogP contribution is -2.44. The maximum absolute atomic E-state index is 12.9. The predicted molar refractivity (Wildman–Crippen MR) is 104 cm³/mol. The maximum atomic E-state index is 12.9. The number of rotatable bonds is 4. The monoisotopic (exact) mass is 388 g/mol. The fourth-order valence-corrected chi connectivity index (χ4v) is 4.52. The van der Waals surface area contributed by atoms with E-state index in [9.17, 15) is 13.2 Å². The summed E-state index contributed by atoms with van der Waals surface area (Å²) in [6, 6.07) is 11.8. The topological polar surface area (TPSA) is 75.7 Å². The van der Waals surface area contributed by atoms with Crippen LogP contribution < -0.4 is 5.32 Å². The first kappa shape index (κ1) is 19.5. The van der Waals surface area contributed by atoms with Crippen LogP contribution in [0.4, 0.5) is 5.69 Å². The Morgan fingerprint density at radius 1 is 1.15 bits per heavy atom. The molecule has 3 rings (SSSR count).